The lowest BCUT2D eigenvalue weighted by Gasteiger charge is -2.01. The van der Waals surface area contributed by atoms with Crippen LogP contribution in [0, 0.1) is 0 Å². The minimum absolute atomic E-state index is 0.803. The monoisotopic (exact) mass is 290 g/mol. The highest BCUT2D eigenvalue weighted by atomic mass is 14.9. The number of nitrogens with two attached hydrogens (primary N) is 1. The molecule has 1 heterocycles. The largest absolute Gasteiger partial charge is 0.399 e. The average Bonchev–Trinajstić information content (AvgIpc) is 2.94. The Hall–Kier alpha value is -2.48. The van der Waals surface area contributed by atoms with Crippen LogP contribution in [0.15, 0.2) is 54.7 Å². The maximum absolute atomic E-state index is 5.82. The number of aryl methyl sites for hydroxylation is 1. The average molecular weight is 290 g/mol. The molecule has 0 aliphatic heterocycles. The number of aromatic nitrogens is 1. The van der Waals surface area contributed by atoms with E-state index in [4.69, 9.17) is 5.73 Å². The first-order chi connectivity index (χ1) is 10.8. The Labute approximate surface area is 131 Å². The first kappa shape index (κ1) is 14.5. The molecule has 3 rings (SSSR count). The molecule has 2 aromatic carbocycles. The summed E-state index contributed by atoms with van der Waals surface area (Å²) in [5.74, 6) is 0. The van der Waals surface area contributed by atoms with Crippen molar-refractivity contribution in [1.29, 1.82) is 0 Å². The van der Waals surface area contributed by atoms with E-state index in [1.807, 2.05) is 12.1 Å². The molecule has 0 spiro atoms. The summed E-state index contributed by atoms with van der Waals surface area (Å²) in [4.78, 5) is 0. The van der Waals surface area contributed by atoms with Gasteiger partial charge in [0.25, 0.3) is 0 Å². The van der Waals surface area contributed by atoms with Crippen molar-refractivity contribution in [1.82, 2.24) is 4.57 Å². The van der Waals surface area contributed by atoms with Crippen LogP contribution in [-0.4, -0.2) is 4.57 Å². The maximum atomic E-state index is 5.82. The van der Waals surface area contributed by atoms with Gasteiger partial charge in [-0.15, -0.1) is 0 Å². The maximum Gasteiger partial charge on any atom is 0.0523 e. The fourth-order valence-corrected chi connectivity index (χ4v) is 2.66. The van der Waals surface area contributed by atoms with E-state index >= 15 is 0 Å². The molecule has 0 atom stereocenters. The van der Waals surface area contributed by atoms with E-state index in [0.717, 1.165) is 5.69 Å². The molecule has 0 saturated carbocycles. The number of nitrogen functional groups attached to an aromatic ring is 1. The van der Waals surface area contributed by atoms with Crippen LogP contribution in [0.2, 0.25) is 0 Å². The highest BCUT2D eigenvalue weighted by Gasteiger charge is 1.98. The van der Waals surface area contributed by atoms with Crippen molar-refractivity contribution in [2.45, 2.75) is 26.2 Å². The van der Waals surface area contributed by atoms with E-state index < -0.39 is 0 Å². The molecule has 22 heavy (non-hydrogen) atoms. The third kappa shape index (κ3) is 3.22. The van der Waals surface area contributed by atoms with Crippen molar-refractivity contribution in [2.75, 3.05) is 5.73 Å². The van der Waals surface area contributed by atoms with Gasteiger partial charge in [-0.1, -0.05) is 37.6 Å². The molecule has 0 radical (unpaired) electrons. The molecule has 112 valence electrons. The minimum atomic E-state index is 0.803. The number of rotatable bonds is 5. The molecule has 3 aromatic rings. The quantitative estimate of drug-likeness (QED) is 0.644. The second kappa shape index (κ2) is 6.52. The molecule has 1 aromatic heterocycles. The Balaban J connectivity index is 1.77. The van der Waals surface area contributed by atoms with Crippen LogP contribution in [0.5, 0.6) is 0 Å². The molecule has 0 amide bonds. The highest BCUT2D eigenvalue weighted by molar-refractivity contribution is 5.85. The fraction of sp³-hybridized carbons (Fsp3) is 0.200. The lowest BCUT2D eigenvalue weighted by Crippen LogP contribution is -1.86. The number of unbranched alkanes of at least 4 members (excludes halogenated alkanes) is 1. The van der Waals surface area contributed by atoms with Crippen LogP contribution in [-0.2, 0) is 6.42 Å². The fourth-order valence-electron chi connectivity index (χ4n) is 2.66. The van der Waals surface area contributed by atoms with E-state index in [2.05, 4.69) is 66.4 Å². The predicted molar refractivity (Wildman–Crippen MR) is 96.6 cm³/mol. The third-order valence-corrected chi connectivity index (χ3v) is 3.97. The van der Waals surface area contributed by atoms with Crippen LogP contribution >= 0.6 is 0 Å². The normalized spacial score (nSPS) is 11.5. The Morgan fingerprint density at radius 3 is 2.64 bits per heavy atom. The van der Waals surface area contributed by atoms with Gasteiger partial charge >= 0.3 is 0 Å². The van der Waals surface area contributed by atoms with Gasteiger partial charge in [-0.3, -0.25) is 0 Å². The zero-order valence-corrected chi connectivity index (χ0v) is 13.0. The third-order valence-electron chi connectivity index (χ3n) is 3.97. The van der Waals surface area contributed by atoms with E-state index in [9.17, 15) is 0 Å². The molecule has 0 fully saturated rings. The Morgan fingerprint density at radius 2 is 1.86 bits per heavy atom. The molecule has 0 saturated heterocycles. The summed E-state index contributed by atoms with van der Waals surface area (Å²) in [6.07, 6.45) is 9.97. The number of anilines is 1. The van der Waals surface area contributed by atoms with Gasteiger partial charge in [0.1, 0.15) is 0 Å². The van der Waals surface area contributed by atoms with Gasteiger partial charge in [-0.05, 0) is 54.3 Å². The summed E-state index contributed by atoms with van der Waals surface area (Å²) in [5.41, 5.74) is 10.4. The number of fused-ring (bicyclic) bond motifs is 1. The molecule has 0 aliphatic carbocycles. The van der Waals surface area contributed by atoms with E-state index in [0.29, 0.717) is 0 Å². The summed E-state index contributed by atoms with van der Waals surface area (Å²) < 4.78 is 2.12. The van der Waals surface area contributed by atoms with Gasteiger partial charge in [0.05, 0.1) is 5.52 Å². The van der Waals surface area contributed by atoms with Gasteiger partial charge in [-0.25, -0.2) is 0 Å². The zero-order valence-electron chi connectivity index (χ0n) is 13.0. The molecule has 2 N–H and O–H groups in total. The van der Waals surface area contributed by atoms with Crippen molar-refractivity contribution in [3.63, 3.8) is 0 Å². The lowest BCUT2D eigenvalue weighted by atomic mass is 10.1. The molecule has 0 unspecified atom stereocenters. The SMILES string of the molecule is CCCCc1ccc(/C=C\n2ccc3cc(N)ccc32)cc1. The molecule has 2 nitrogen and oxygen atoms in total. The van der Waals surface area contributed by atoms with Gasteiger partial charge in [-0.2, -0.15) is 0 Å². The van der Waals surface area contributed by atoms with E-state index in [1.165, 1.54) is 41.3 Å². The van der Waals surface area contributed by atoms with Gasteiger partial charge in [0.2, 0.25) is 0 Å². The molecule has 2 heteroatoms. The van der Waals surface area contributed by atoms with E-state index in [1.54, 1.807) is 0 Å². The number of hydrogen-bond donors (Lipinski definition) is 1. The highest BCUT2D eigenvalue weighted by Crippen LogP contribution is 2.19. The second-order valence-electron chi connectivity index (χ2n) is 5.70. The summed E-state index contributed by atoms with van der Waals surface area (Å²) >= 11 is 0. The number of hydrogen-bond acceptors (Lipinski definition) is 1. The Kier molecular flexibility index (Phi) is 4.29. The topological polar surface area (TPSA) is 30.9 Å². The number of benzene rings is 2. The summed E-state index contributed by atoms with van der Waals surface area (Å²) in [6.45, 7) is 2.23. The predicted octanol–water partition coefficient (Wildman–Crippen LogP) is 5.19. The summed E-state index contributed by atoms with van der Waals surface area (Å²) in [5, 5.41) is 1.17. The molecular weight excluding hydrogens is 268 g/mol. The van der Waals surface area contributed by atoms with Crippen molar-refractivity contribution >= 4 is 28.9 Å². The standard InChI is InChI=1S/C20H22N2/c1-2-3-4-16-5-7-17(8-6-16)11-13-22-14-12-18-15-19(21)9-10-20(18)22/h5-15H,2-4,21H2,1H3/b13-11-. The Morgan fingerprint density at radius 1 is 1.05 bits per heavy atom. The minimum Gasteiger partial charge on any atom is -0.399 e. The number of nitrogens with zero attached hydrogens (tertiary/aromatic N) is 1. The van der Waals surface area contributed by atoms with Gasteiger partial charge in [0.15, 0.2) is 0 Å². The van der Waals surface area contributed by atoms with Crippen molar-refractivity contribution in [3.8, 4) is 0 Å². The summed E-state index contributed by atoms with van der Waals surface area (Å²) in [7, 11) is 0. The van der Waals surface area contributed by atoms with Crippen LogP contribution < -0.4 is 5.73 Å². The van der Waals surface area contributed by atoms with Gasteiger partial charge in [0, 0.05) is 23.5 Å². The zero-order chi connectivity index (χ0) is 15.4. The first-order valence-electron chi connectivity index (χ1n) is 7.89. The van der Waals surface area contributed by atoms with Crippen LogP contribution in [0.4, 0.5) is 5.69 Å². The van der Waals surface area contributed by atoms with Crippen molar-refractivity contribution in [3.05, 3.63) is 65.9 Å². The molecule has 0 aliphatic rings. The lowest BCUT2D eigenvalue weighted by molar-refractivity contribution is 0.795. The van der Waals surface area contributed by atoms with E-state index in [-0.39, 0.29) is 0 Å². The first-order valence-corrected chi connectivity index (χ1v) is 7.89. The molecular formula is C20H22N2. The summed E-state index contributed by atoms with van der Waals surface area (Å²) in [6, 6.07) is 16.9. The molecule has 0 bridgehead atoms. The van der Waals surface area contributed by atoms with Gasteiger partial charge < -0.3 is 10.3 Å². The van der Waals surface area contributed by atoms with Crippen molar-refractivity contribution < 1.29 is 0 Å². The van der Waals surface area contributed by atoms with Crippen LogP contribution in [0.3, 0.4) is 0 Å². The second-order valence-corrected chi connectivity index (χ2v) is 5.70. The van der Waals surface area contributed by atoms with Crippen LogP contribution in [0.1, 0.15) is 30.9 Å². The smallest absolute Gasteiger partial charge is 0.0523 e. The van der Waals surface area contributed by atoms with Crippen molar-refractivity contribution in [2.24, 2.45) is 0 Å². The Bertz CT molecular complexity index is 779. The van der Waals surface area contributed by atoms with Crippen LogP contribution in [0.25, 0.3) is 23.2 Å².